The summed E-state index contributed by atoms with van der Waals surface area (Å²) in [5, 5.41) is 3.06. The van der Waals surface area contributed by atoms with Crippen molar-refractivity contribution in [3.05, 3.63) is 27.7 Å². The molecular formula is C14H16Cl2N2O4. The minimum Gasteiger partial charge on any atom is -0.452 e. The molecule has 8 heteroatoms. The maximum Gasteiger partial charge on any atom is 0.340 e. The Morgan fingerprint density at radius 3 is 2.86 bits per heavy atom. The van der Waals surface area contributed by atoms with Crippen LogP contribution in [0.2, 0.25) is 10.0 Å². The zero-order chi connectivity index (χ0) is 16.1. The van der Waals surface area contributed by atoms with Crippen LogP contribution in [0.3, 0.4) is 0 Å². The summed E-state index contributed by atoms with van der Waals surface area (Å²) in [5.41, 5.74) is 5.79. The maximum atomic E-state index is 11.9. The zero-order valence-electron chi connectivity index (χ0n) is 11.7. The van der Waals surface area contributed by atoms with Gasteiger partial charge in [0.05, 0.1) is 22.4 Å². The summed E-state index contributed by atoms with van der Waals surface area (Å²) < 4.78 is 10.3. The number of benzene rings is 1. The Balaban J connectivity index is 1.83. The molecule has 1 fully saturated rings. The number of carbonyl (C=O) groups is 2. The van der Waals surface area contributed by atoms with Crippen molar-refractivity contribution in [3.63, 3.8) is 0 Å². The Morgan fingerprint density at radius 1 is 1.41 bits per heavy atom. The Kier molecular flexibility index (Phi) is 5.88. The number of halogens is 2. The van der Waals surface area contributed by atoms with Gasteiger partial charge >= 0.3 is 5.97 Å². The lowest BCUT2D eigenvalue weighted by molar-refractivity contribution is -0.124. The number of nitrogen functional groups attached to an aromatic ring is 1. The lowest BCUT2D eigenvalue weighted by atomic mass is 10.2. The first kappa shape index (κ1) is 16.9. The summed E-state index contributed by atoms with van der Waals surface area (Å²) in [6.45, 7) is 0.709. The Morgan fingerprint density at radius 2 is 2.18 bits per heavy atom. The molecule has 2 rings (SSSR count). The second-order valence-corrected chi connectivity index (χ2v) is 5.71. The van der Waals surface area contributed by atoms with Gasteiger partial charge in [0.15, 0.2) is 6.61 Å². The van der Waals surface area contributed by atoms with E-state index in [9.17, 15) is 9.59 Å². The van der Waals surface area contributed by atoms with E-state index >= 15 is 0 Å². The lowest BCUT2D eigenvalue weighted by Crippen LogP contribution is -2.34. The normalized spacial score (nSPS) is 17.3. The number of ether oxygens (including phenoxy) is 2. The van der Waals surface area contributed by atoms with Crippen LogP contribution in [-0.4, -0.2) is 37.7 Å². The van der Waals surface area contributed by atoms with Gasteiger partial charge in [0.2, 0.25) is 0 Å². The second-order valence-electron chi connectivity index (χ2n) is 4.86. The van der Waals surface area contributed by atoms with Crippen LogP contribution in [0.25, 0.3) is 0 Å². The van der Waals surface area contributed by atoms with Crippen molar-refractivity contribution in [2.75, 3.05) is 25.5 Å². The van der Waals surface area contributed by atoms with E-state index in [1.54, 1.807) is 0 Å². The summed E-state index contributed by atoms with van der Waals surface area (Å²) >= 11 is 11.6. The average Bonchev–Trinajstić information content (AvgIpc) is 2.99. The second kappa shape index (κ2) is 7.67. The minimum absolute atomic E-state index is 0.0297. The largest absolute Gasteiger partial charge is 0.452 e. The van der Waals surface area contributed by atoms with E-state index in [0.717, 1.165) is 12.8 Å². The molecule has 0 spiro atoms. The molecule has 3 N–H and O–H groups in total. The molecule has 120 valence electrons. The summed E-state index contributed by atoms with van der Waals surface area (Å²) in [6.07, 6.45) is 1.93. The van der Waals surface area contributed by atoms with Crippen LogP contribution in [0.4, 0.5) is 5.69 Å². The highest BCUT2D eigenvalue weighted by atomic mass is 35.5. The van der Waals surface area contributed by atoms with Crippen LogP contribution >= 0.6 is 23.2 Å². The van der Waals surface area contributed by atoms with E-state index < -0.39 is 18.5 Å². The third kappa shape index (κ3) is 4.50. The standard InChI is InChI=1S/C14H16Cl2N2O4/c15-8-4-10(13(17)11(16)5-8)14(20)22-7-12(19)18-6-9-2-1-3-21-9/h4-5,9H,1-3,6-7,17H2,(H,18,19)/t9-/m0/s1. The molecule has 6 nitrogen and oxygen atoms in total. The third-order valence-electron chi connectivity index (χ3n) is 3.20. The topological polar surface area (TPSA) is 90.7 Å². The van der Waals surface area contributed by atoms with Gasteiger partial charge in [-0.3, -0.25) is 4.79 Å². The summed E-state index contributed by atoms with van der Waals surface area (Å²) in [6, 6.07) is 2.76. The minimum atomic E-state index is -0.755. The van der Waals surface area contributed by atoms with E-state index in [1.807, 2.05) is 0 Å². The number of nitrogens with two attached hydrogens (primary N) is 1. The monoisotopic (exact) mass is 346 g/mol. The van der Waals surface area contributed by atoms with Crippen molar-refractivity contribution in [1.29, 1.82) is 0 Å². The predicted octanol–water partition coefficient (Wildman–Crippen LogP) is 2.03. The molecule has 1 saturated heterocycles. The van der Waals surface area contributed by atoms with Gasteiger partial charge in [-0.15, -0.1) is 0 Å². The van der Waals surface area contributed by atoms with Gasteiger partial charge in [0.1, 0.15) is 0 Å². The number of anilines is 1. The van der Waals surface area contributed by atoms with Gasteiger partial charge in [-0.25, -0.2) is 4.79 Å². The molecule has 1 atom stereocenters. The summed E-state index contributed by atoms with van der Waals surface area (Å²) in [7, 11) is 0. The molecule has 1 heterocycles. The van der Waals surface area contributed by atoms with Crippen LogP contribution in [0.15, 0.2) is 12.1 Å². The SMILES string of the molecule is Nc1c(Cl)cc(Cl)cc1C(=O)OCC(=O)NC[C@@H]1CCCO1. The molecule has 0 unspecified atom stereocenters. The van der Waals surface area contributed by atoms with Gasteiger partial charge in [0, 0.05) is 18.2 Å². The van der Waals surface area contributed by atoms with E-state index in [1.165, 1.54) is 12.1 Å². The molecule has 0 bridgehead atoms. The highest BCUT2D eigenvalue weighted by molar-refractivity contribution is 6.37. The number of hydrogen-bond donors (Lipinski definition) is 2. The number of rotatable bonds is 5. The van der Waals surface area contributed by atoms with E-state index in [0.29, 0.717) is 13.2 Å². The number of hydrogen-bond acceptors (Lipinski definition) is 5. The average molecular weight is 347 g/mol. The highest BCUT2D eigenvalue weighted by Crippen LogP contribution is 2.27. The van der Waals surface area contributed by atoms with Crippen molar-refractivity contribution in [2.45, 2.75) is 18.9 Å². The molecular weight excluding hydrogens is 331 g/mol. The molecule has 1 aliphatic rings. The van der Waals surface area contributed by atoms with Gasteiger partial charge < -0.3 is 20.5 Å². The van der Waals surface area contributed by atoms with Crippen molar-refractivity contribution < 1.29 is 19.1 Å². The quantitative estimate of drug-likeness (QED) is 0.628. The molecule has 22 heavy (non-hydrogen) atoms. The molecule has 0 aromatic heterocycles. The van der Waals surface area contributed by atoms with Crippen molar-refractivity contribution in [1.82, 2.24) is 5.32 Å². The number of carbonyl (C=O) groups excluding carboxylic acids is 2. The number of esters is 1. The lowest BCUT2D eigenvalue weighted by Gasteiger charge is -2.11. The van der Waals surface area contributed by atoms with Crippen LogP contribution in [0.1, 0.15) is 23.2 Å². The smallest absolute Gasteiger partial charge is 0.340 e. The molecule has 1 amide bonds. The van der Waals surface area contributed by atoms with Gasteiger partial charge in [-0.1, -0.05) is 23.2 Å². The first-order valence-corrected chi connectivity index (χ1v) is 7.53. The Hall–Kier alpha value is -1.50. The Bertz CT molecular complexity index is 574. The zero-order valence-corrected chi connectivity index (χ0v) is 13.2. The first-order valence-electron chi connectivity index (χ1n) is 6.77. The van der Waals surface area contributed by atoms with Crippen molar-refractivity contribution in [2.24, 2.45) is 0 Å². The highest BCUT2D eigenvalue weighted by Gasteiger charge is 2.18. The van der Waals surface area contributed by atoms with Crippen molar-refractivity contribution >= 4 is 40.8 Å². The van der Waals surface area contributed by atoms with Crippen LogP contribution < -0.4 is 11.1 Å². The molecule has 1 aliphatic heterocycles. The Labute approximate surface area is 137 Å². The third-order valence-corrected chi connectivity index (χ3v) is 3.73. The summed E-state index contributed by atoms with van der Waals surface area (Å²) in [5.74, 6) is -1.16. The molecule has 0 aliphatic carbocycles. The fourth-order valence-corrected chi connectivity index (χ4v) is 2.54. The predicted molar refractivity (Wildman–Crippen MR) is 83.1 cm³/mol. The molecule has 1 aromatic rings. The van der Waals surface area contributed by atoms with E-state index in [4.69, 9.17) is 38.4 Å². The van der Waals surface area contributed by atoms with E-state index in [2.05, 4.69) is 5.32 Å². The number of nitrogens with one attached hydrogen (secondary N) is 1. The van der Waals surface area contributed by atoms with Crippen LogP contribution in [0.5, 0.6) is 0 Å². The van der Waals surface area contributed by atoms with E-state index in [-0.39, 0.29) is 27.4 Å². The molecule has 0 radical (unpaired) electrons. The molecule has 0 saturated carbocycles. The van der Waals surface area contributed by atoms with Crippen LogP contribution in [0, 0.1) is 0 Å². The summed E-state index contributed by atoms with van der Waals surface area (Å²) in [4.78, 5) is 23.5. The van der Waals surface area contributed by atoms with Gasteiger partial charge in [-0.05, 0) is 25.0 Å². The van der Waals surface area contributed by atoms with Gasteiger partial charge in [0.25, 0.3) is 5.91 Å². The number of amides is 1. The van der Waals surface area contributed by atoms with Gasteiger partial charge in [-0.2, -0.15) is 0 Å². The van der Waals surface area contributed by atoms with Crippen molar-refractivity contribution in [3.8, 4) is 0 Å². The van der Waals surface area contributed by atoms with Crippen LogP contribution in [-0.2, 0) is 14.3 Å². The fourth-order valence-electron chi connectivity index (χ4n) is 2.05. The first-order chi connectivity index (χ1) is 10.5. The maximum absolute atomic E-state index is 11.9. The fraction of sp³-hybridized carbons (Fsp3) is 0.429. The molecule has 1 aromatic carbocycles.